The van der Waals surface area contributed by atoms with E-state index in [9.17, 15) is 14.7 Å². The van der Waals surface area contributed by atoms with E-state index in [0.717, 1.165) is 48.0 Å². The molecule has 39 heavy (non-hydrogen) atoms. The third-order valence-electron chi connectivity index (χ3n) is 7.85. The van der Waals surface area contributed by atoms with Crippen molar-refractivity contribution in [2.75, 3.05) is 32.8 Å². The molecule has 2 heterocycles. The number of carbonyl (C=O) groups excluding carboxylic acids is 2. The summed E-state index contributed by atoms with van der Waals surface area (Å²) >= 11 is 0. The second kappa shape index (κ2) is 11.7. The van der Waals surface area contributed by atoms with Crippen LogP contribution in [-0.2, 0) is 5.41 Å². The van der Waals surface area contributed by atoms with Crippen LogP contribution in [0.4, 0.5) is 0 Å². The van der Waals surface area contributed by atoms with Crippen LogP contribution in [0, 0.1) is 12.8 Å². The van der Waals surface area contributed by atoms with E-state index < -0.39 is 6.10 Å². The molecule has 7 heteroatoms. The molecule has 208 valence electrons. The molecule has 0 saturated carbocycles. The number of ether oxygens (including phenoxy) is 1. The fourth-order valence-electron chi connectivity index (χ4n) is 5.75. The average Bonchev–Trinajstić information content (AvgIpc) is 2.89. The Bertz CT molecular complexity index is 1310. The Hall–Kier alpha value is -2.93. The summed E-state index contributed by atoms with van der Waals surface area (Å²) in [6.45, 7) is 11.4. The topological polar surface area (TPSA) is 70.1 Å². The van der Waals surface area contributed by atoms with Gasteiger partial charge in [-0.15, -0.1) is 12.4 Å². The van der Waals surface area contributed by atoms with Crippen LogP contribution in [0.2, 0.25) is 0 Å². The van der Waals surface area contributed by atoms with Crippen molar-refractivity contribution in [2.24, 2.45) is 5.92 Å². The van der Waals surface area contributed by atoms with Gasteiger partial charge in [-0.05, 0) is 73.3 Å². The third kappa shape index (κ3) is 6.13. The summed E-state index contributed by atoms with van der Waals surface area (Å²) in [6, 6.07) is 17.5. The lowest BCUT2D eigenvalue weighted by Gasteiger charge is -2.36. The highest BCUT2D eigenvalue weighted by atomic mass is 35.5. The molecule has 2 aliphatic heterocycles. The highest BCUT2D eigenvalue weighted by molar-refractivity contribution is 6.25. The van der Waals surface area contributed by atoms with E-state index in [1.54, 1.807) is 0 Å². The van der Waals surface area contributed by atoms with Crippen LogP contribution in [0.25, 0.3) is 10.8 Å². The summed E-state index contributed by atoms with van der Waals surface area (Å²) < 4.78 is 6.06. The summed E-state index contributed by atoms with van der Waals surface area (Å²) in [5.41, 5.74) is 3.52. The number of aliphatic hydroxyl groups is 1. The first-order chi connectivity index (χ1) is 18.1. The average molecular weight is 551 g/mol. The number of imide groups is 1. The molecule has 1 unspecified atom stereocenters. The molecule has 1 saturated heterocycles. The van der Waals surface area contributed by atoms with E-state index in [-0.39, 0.29) is 42.2 Å². The second-order valence-electron chi connectivity index (χ2n) is 11.9. The van der Waals surface area contributed by atoms with Crippen molar-refractivity contribution in [3.8, 4) is 5.75 Å². The maximum absolute atomic E-state index is 13.2. The molecule has 1 atom stereocenters. The lowest BCUT2D eigenvalue weighted by atomic mass is 9.85. The minimum atomic E-state index is -0.595. The Morgan fingerprint density at radius 2 is 1.59 bits per heavy atom. The standard InChI is InChI=1S/C32H38N2O4.ClH/c1-21-11-12-28(27(17-21)32(2,3)4)38-20-24(35)19-33-15-13-22(14-16-33)18-34-30(36)25-9-5-7-23-8-6-10-26(29(23)25)31(34)37;/h5-12,17,22,24,35H,13-16,18-20H2,1-4H3;1H. The summed E-state index contributed by atoms with van der Waals surface area (Å²) in [4.78, 5) is 30.2. The van der Waals surface area contributed by atoms with Gasteiger partial charge in [0.1, 0.15) is 18.5 Å². The van der Waals surface area contributed by atoms with Crippen molar-refractivity contribution < 1.29 is 19.4 Å². The predicted molar refractivity (Wildman–Crippen MR) is 157 cm³/mol. The molecule has 3 aromatic carbocycles. The van der Waals surface area contributed by atoms with Crippen LogP contribution >= 0.6 is 12.4 Å². The lowest BCUT2D eigenvalue weighted by molar-refractivity contribution is 0.0451. The zero-order valence-electron chi connectivity index (χ0n) is 23.3. The Morgan fingerprint density at radius 3 is 2.18 bits per heavy atom. The van der Waals surface area contributed by atoms with E-state index in [2.05, 4.69) is 38.7 Å². The molecular formula is C32H39ClN2O4. The summed E-state index contributed by atoms with van der Waals surface area (Å²) in [6.07, 6.45) is 1.16. The fourth-order valence-corrected chi connectivity index (χ4v) is 5.75. The zero-order valence-corrected chi connectivity index (χ0v) is 24.1. The van der Waals surface area contributed by atoms with Gasteiger partial charge in [-0.1, -0.05) is 62.7 Å². The molecule has 5 rings (SSSR count). The van der Waals surface area contributed by atoms with E-state index in [1.807, 2.05) is 48.5 Å². The molecule has 0 bridgehead atoms. The van der Waals surface area contributed by atoms with Crippen molar-refractivity contribution in [1.29, 1.82) is 0 Å². The van der Waals surface area contributed by atoms with Crippen LogP contribution < -0.4 is 4.74 Å². The molecular weight excluding hydrogens is 512 g/mol. The third-order valence-corrected chi connectivity index (χ3v) is 7.85. The molecule has 1 fully saturated rings. The van der Waals surface area contributed by atoms with Gasteiger partial charge in [0.15, 0.2) is 0 Å². The van der Waals surface area contributed by atoms with Crippen molar-refractivity contribution in [1.82, 2.24) is 9.80 Å². The normalized spacial score (nSPS) is 17.3. The van der Waals surface area contributed by atoms with Crippen LogP contribution in [0.5, 0.6) is 5.75 Å². The van der Waals surface area contributed by atoms with Crippen LogP contribution in [0.1, 0.15) is 65.5 Å². The summed E-state index contributed by atoms with van der Waals surface area (Å²) in [7, 11) is 0. The van der Waals surface area contributed by atoms with E-state index >= 15 is 0 Å². The van der Waals surface area contributed by atoms with Crippen molar-refractivity contribution >= 4 is 35.0 Å². The van der Waals surface area contributed by atoms with Crippen LogP contribution in [0.3, 0.4) is 0 Å². The number of hydrogen-bond donors (Lipinski definition) is 1. The molecule has 0 radical (unpaired) electrons. The van der Waals surface area contributed by atoms with Crippen LogP contribution in [-0.4, -0.2) is 65.6 Å². The smallest absolute Gasteiger partial charge is 0.261 e. The van der Waals surface area contributed by atoms with Gasteiger partial charge in [0.05, 0.1) is 0 Å². The van der Waals surface area contributed by atoms with E-state index in [1.165, 1.54) is 10.5 Å². The predicted octanol–water partition coefficient (Wildman–Crippen LogP) is 5.62. The number of aliphatic hydroxyl groups excluding tert-OH is 1. The van der Waals surface area contributed by atoms with Crippen LogP contribution in [0.15, 0.2) is 54.6 Å². The molecule has 2 aliphatic rings. The quantitative estimate of drug-likeness (QED) is 0.387. The minimum absolute atomic E-state index is 0. The zero-order chi connectivity index (χ0) is 27.0. The summed E-state index contributed by atoms with van der Waals surface area (Å²) in [5.74, 6) is 0.688. The monoisotopic (exact) mass is 550 g/mol. The van der Waals surface area contributed by atoms with Gasteiger partial charge < -0.3 is 14.7 Å². The number of piperidine rings is 1. The first-order valence-corrected chi connectivity index (χ1v) is 13.6. The Labute approximate surface area is 237 Å². The maximum atomic E-state index is 13.2. The molecule has 1 N–H and O–H groups in total. The van der Waals surface area contributed by atoms with E-state index in [4.69, 9.17) is 4.74 Å². The number of aryl methyl sites for hydroxylation is 1. The number of nitrogens with zero attached hydrogens (tertiary/aromatic N) is 2. The SMILES string of the molecule is Cc1ccc(OCC(O)CN2CCC(CN3C(=O)c4cccc5cccc(c45)C3=O)CC2)c(C(C)(C)C)c1.Cl. The second-order valence-corrected chi connectivity index (χ2v) is 11.9. The molecule has 2 amide bonds. The molecule has 3 aromatic rings. The number of β-amino-alcohol motifs (C(OH)–C–C–N with tert-alkyl or cyclic N) is 1. The van der Waals surface area contributed by atoms with Gasteiger partial charge in [0.2, 0.25) is 0 Å². The number of carbonyl (C=O) groups is 2. The lowest BCUT2D eigenvalue weighted by Crippen LogP contribution is -2.46. The summed E-state index contributed by atoms with van der Waals surface area (Å²) in [5, 5.41) is 12.4. The number of rotatable bonds is 7. The van der Waals surface area contributed by atoms with Gasteiger partial charge in [-0.25, -0.2) is 0 Å². The first-order valence-electron chi connectivity index (χ1n) is 13.6. The van der Waals surface area contributed by atoms with Crippen molar-refractivity contribution in [3.63, 3.8) is 0 Å². The number of likely N-dealkylation sites (tertiary alicyclic amines) is 1. The maximum Gasteiger partial charge on any atom is 0.261 e. The van der Waals surface area contributed by atoms with Gasteiger partial charge in [-0.2, -0.15) is 0 Å². The largest absolute Gasteiger partial charge is 0.491 e. The first kappa shape index (κ1) is 29.1. The number of amides is 2. The Balaban J connectivity index is 0.00000353. The van der Waals surface area contributed by atoms with Crippen molar-refractivity contribution in [2.45, 2.75) is 52.1 Å². The molecule has 0 aliphatic carbocycles. The highest BCUT2D eigenvalue weighted by Gasteiger charge is 2.35. The van der Waals surface area contributed by atoms with Gasteiger partial charge in [-0.3, -0.25) is 14.5 Å². The molecule has 0 aromatic heterocycles. The molecule has 6 nitrogen and oxygen atoms in total. The number of halogens is 1. The fraction of sp³-hybridized carbons (Fsp3) is 0.438. The molecule has 0 spiro atoms. The van der Waals surface area contributed by atoms with Gasteiger partial charge >= 0.3 is 0 Å². The number of benzene rings is 3. The van der Waals surface area contributed by atoms with Gasteiger partial charge in [0.25, 0.3) is 11.8 Å². The van der Waals surface area contributed by atoms with Crippen molar-refractivity contribution in [3.05, 3.63) is 76.9 Å². The van der Waals surface area contributed by atoms with Gasteiger partial charge in [0, 0.05) is 29.6 Å². The Kier molecular flexibility index (Phi) is 8.69. The number of hydrogen-bond acceptors (Lipinski definition) is 5. The highest BCUT2D eigenvalue weighted by Crippen LogP contribution is 2.33. The minimum Gasteiger partial charge on any atom is -0.491 e. The Morgan fingerprint density at radius 1 is 0.974 bits per heavy atom. The van der Waals surface area contributed by atoms with E-state index in [0.29, 0.717) is 24.2 Å².